The molecule has 1 aromatic heterocycles. The first-order valence-corrected chi connectivity index (χ1v) is 7.61. The summed E-state index contributed by atoms with van der Waals surface area (Å²) in [4.78, 5) is 12.8. The van der Waals surface area contributed by atoms with E-state index in [-0.39, 0.29) is 11.5 Å². The van der Waals surface area contributed by atoms with E-state index in [0.29, 0.717) is 24.0 Å². The van der Waals surface area contributed by atoms with Crippen molar-refractivity contribution in [1.29, 1.82) is 0 Å². The average Bonchev–Trinajstić information content (AvgIpc) is 2.98. The lowest BCUT2D eigenvalue weighted by molar-refractivity contribution is -0.0777. The van der Waals surface area contributed by atoms with Crippen LogP contribution in [0.25, 0.3) is 11.0 Å². The second-order valence-electron chi connectivity index (χ2n) is 5.47. The van der Waals surface area contributed by atoms with E-state index in [1.807, 2.05) is 18.2 Å². The largest absolute Gasteiger partial charge is 0.452 e. The Morgan fingerprint density at radius 1 is 1.21 bits per heavy atom. The molecule has 1 heterocycles. The molecule has 0 amide bonds. The maximum absolute atomic E-state index is 13.1. The summed E-state index contributed by atoms with van der Waals surface area (Å²) in [5, 5.41) is 10.5. The molecule has 1 atom stereocenters. The fraction of sp³-hybridized carbons (Fsp3) is 0.211. The van der Waals surface area contributed by atoms with Crippen LogP contribution in [0.15, 0.2) is 52.9 Å². The van der Waals surface area contributed by atoms with Gasteiger partial charge in [-0.3, -0.25) is 4.79 Å². The number of halogens is 1. The Morgan fingerprint density at radius 3 is 2.62 bits per heavy atom. The monoisotopic (exact) mass is 328 g/mol. The molecular weight excluding hydrogens is 311 g/mol. The van der Waals surface area contributed by atoms with Gasteiger partial charge < -0.3 is 14.3 Å². The number of fused-ring (bicyclic) bond motifs is 1. The second-order valence-corrected chi connectivity index (χ2v) is 5.47. The number of methoxy groups -OCH3 is 1. The number of hydrogen-bond acceptors (Lipinski definition) is 4. The number of aryl methyl sites for hydroxylation is 1. The third-order valence-corrected chi connectivity index (χ3v) is 3.92. The van der Waals surface area contributed by atoms with Gasteiger partial charge in [0.1, 0.15) is 11.4 Å². The van der Waals surface area contributed by atoms with Crippen molar-refractivity contribution in [2.75, 3.05) is 7.11 Å². The van der Waals surface area contributed by atoms with Crippen molar-refractivity contribution in [2.45, 2.75) is 19.1 Å². The predicted molar refractivity (Wildman–Crippen MR) is 87.4 cm³/mol. The number of aliphatic hydroxyl groups excluding tert-OH is 1. The number of aliphatic hydroxyl groups is 1. The fourth-order valence-electron chi connectivity index (χ4n) is 2.65. The van der Waals surface area contributed by atoms with Gasteiger partial charge in [-0.05, 0) is 36.8 Å². The van der Waals surface area contributed by atoms with Crippen LogP contribution in [0.5, 0.6) is 0 Å². The Hall–Kier alpha value is -2.50. The molecule has 5 heteroatoms. The molecule has 3 aromatic rings. The zero-order chi connectivity index (χ0) is 17.1. The van der Waals surface area contributed by atoms with Gasteiger partial charge in [0.05, 0.1) is 0 Å². The summed E-state index contributed by atoms with van der Waals surface area (Å²) >= 11 is 0. The number of carbonyl (C=O) groups is 1. The van der Waals surface area contributed by atoms with Crippen LogP contribution >= 0.6 is 0 Å². The molecule has 0 bridgehead atoms. The zero-order valence-corrected chi connectivity index (χ0v) is 13.2. The smallest absolute Gasteiger partial charge is 0.228 e. The van der Waals surface area contributed by atoms with Gasteiger partial charge in [0, 0.05) is 30.0 Å². The number of ether oxygens (including phenoxy) is 1. The minimum absolute atomic E-state index is 0.214. The molecule has 3 rings (SSSR count). The highest BCUT2D eigenvalue weighted by Gasteiger charge is 2.22. The number of carbonyl (C=O) groups excluding carboxylic acids is 1. The van der Waals surface area contributed by atoms with Crippen LogP contribution in [0.4, 0.5) is 4.39 Å². The molecule has 0 saturated heterocycles. The molecule has 0 radical (unpaired) electrons. The zero-order valence-electron chi connectivity index (χ0n) is 13.2. The molecular formula is C19H17FO4. The van der Waals surface area contributed by atoms with Crippen LogP contribution in [0.3, 0.4) is 0 Å². The van der Waals surface area contributed by atoms with Gasteiger partial charge in [-0.15, -0.1) is 0 Å². The van der Waals surface area contributed by atoms with E-state index in [1.165, 1.54) is 31.4 Å². The van der Waals surface area contributed by atoms with Gasteiger partial charge in [0.25, 0.3) is 0 Å². The lowest BCUT2D eigenvalue weighted by Crippen LogP contribution is -2.11. The average molecular weight is 328 g/mol. The Labute approximate surface area is 138 Å². The number of ketones is 1. The quantitative estimate of drug-likeness (QED) is 0.554. The van der Waals surface area contributed by atoms with Crippen LogP contribution < -0.4 is 0 Å². The summed E-state index contributed by atoms with van der Waals surface area (Å²) < 4.78 is 23.7. The van der Waals surface area contributed by atoms with E-state index in [2.05, 4.69) is 0 Å². The number of benzene rings is 2. The van der Waals surface area contributed by atoms with Crippen LogP contribution in [0.2, 0.25) is 0 Å². The van der Waals surface area contributed by atoms with Crippen molar-refractivity contribution >= 4 is 16.8 Å². The molecule has 24 heavy (non-hydrogen) atoms. The minimum Gasteiger partial charge on any atom is -0.452 e. The standard InChI is InChI=1S/C19H17FO4/c1-23-17(21)11-10-15-14-4-2-3-5-16(14)24-19(15)18(22)12-6-8-13(20)9-7-12/h2-9,17,21H,10-11H2,1H3. The van der Waals surface area contributed by atoms with Gasteiger partial charge in [0.2, 0.25) is 5.78 Å². The normalized spacial score (nSPS) is 12.5. The van der Waals surface area contributed by atoms with E-state index in [9.17, 15) is 14.3 Å². The van der Waals surface area contributed by atoms with Crippen LogP contribution in [-0.2, 0) is 11.2 Å². The summed E-state index contributed by atoms with van der Waals surface area (Å²) in [6.45, 7) is 0. The molecule has 1 N–H and O–H groups in total. The van der Waals surface area contributed by atoms with Crippen molar-refractivity contribution < 1.29 is 23.4 Å². The highest BCUT2D eigenvalue weighted by molar-refractivity contribution is 6.10. The topological polar surface area (TPSA) is 59.7 Å². The van der Waals surface area contributed by atoms with Crippen LogP contribution in [0, 0.1) is 5.82 Å². The predicted octanol–water partition coefficient (Wildman–Crippen LogP) is 3.70. The molecule has 0 saturated carbocycles. The summed E-state index contributed by atoms with van der Waals surface area (Å²) in [5.41, 5.74) is 1.67. The molecule has 124 valence electrons. The van der Waals surface area contributed by atoms with Crippen molar-refractivity contribution in [3.8, 4) is 0 Å². The van der Waals surface area contributed by atoms with Crippen LogP contribution in [-0.4, -0.2) is 24.3 Å². The Kier molecular flexibility index (Phi) is 4.74. The van der Waals surface area contributed by atoms with Gasteiger partial charge in [-0.25, -0.2) is 4.39 Å². The van der Waals surface area contributed by atoms with E-state index in [4.69, 9.17) is 9.15 Å². The Morgan fingerprint density at radius 2 is 1.92 bits per heavy atom. The van der Waals surface area contributed by atoms with E-state index in [0.717, 1.165) is 10.9 Å². The third-order valence-electron chi connectivity index (χ3n) is 3.92. The summed E-state index contributed by atoms with van der Waals surface area (Å²) in [6, 6.07) is 12.7. The Balaban J connectivity index is 2.02. The van der Waals surface area contributed by atoms with E-state index < -0.39 is 12.1 Å². The van der Waals surface area contributed by atoms with Crippen LogP contribution in [0.1, 0.15) is 28.1 Å². The molecule has 0 fully saturated rings. The maximum atomic E-state index is 13.1. The molecule has 0 aliphatic heterocycles. The lowest BCUT2D eigenvalue weighted by atomic mass is 10.0. The van der Waals surface area contributed by atoms with Gasteiger partial charge in [-0.2, -0.15) is 0 Å². The molecule has 4 nitrogen and oxygen atoms in total. The first kappa shape index (κ1) is 16.4. The van der Waals surface area contributed by atoms with Crippen molar-refractivity contribution in [3.05, 3.63) is 71.2 Å². The molecule has 0 aliphatic rings. The first-order valence-electron chi connectivity index (χ1n) is 7.61. The maximum Gasteiger partial charge on any atom is 0.228 e. The summed E-state index contributed by atoms with van der Waals surface area (Å²) in [7, 11) is 1.42. The molecule has 2 aromatic carbocycles. The lowest BCUT2D eigenvalue weighted by Gasteiger charge is -2.08. The molecule has 1 unspecified atom stereocenters. The highest BCUT2D eigenvalue weighted by Crippen LogP contribution is 2.29. The van der Waals surface area contributed by atoms with Crippen molar-refractivity contribution in [1.82, 2.24) is 0 Å². The van der Waals surface area contributed by atoms with E-state index >= 15 is 0 Å². The van der Waals surface area contributed by atoms with Gasteiger partial charge in [-0.1, -0.05) is 18.2 Å². The second kappa shape index (κ2) is 6.95. The number of rotatable bonds is 6. The summed E-state index contributed by atoms with van der Waals surface area (Å²) in [5.74, 6) is -0.501. The third kappa shape index (κ3) is 3.22. The minimum atomic E-state index is -0.910. The molecule has 0 aliphatic carbocycles. The SMILES string of the molecule is COC(O)CCc1c(C(=O)c2ccc(F)cc2)oc2ccccc12. The summed E-state index contributed by atoms with van der Waals surface area (Å²) in [6.07, 6.45) is -0.148. The first-order chi connectivity index (χ1) is 11.6. The fourth-order valence-corrected chi connectivity index (χ4v) is 2.65. The number of hydrogen-bond donors (Lipinski definition) is 1. The Bertz CT molecular complexity index is 851. The highest BCUT2D eigenvalue weighted by atomic mass is 19.1. The number of para-hydroxylation sites is 1. The van der Waals surface area contributed by atoms with Gasteiger partial charge in [0.15, 0.2) is 12.1 Å². The van der Waals surface area contributed by atoms with Gasteiger partial charge >= 0.3 is 0 Å². The molecule has 0 spiro atoms. The van der Waals surface area contributed by atoms with Crippen molar-refractivity contribution in [2.24, 2.45) is 0 Å². The van der Waals surface area contributed by atoms with Crippen molar-refractivity contribution in [3.63, 3.8) is 0 Å². The van der Waals surface area contributed by atoms with E-state index in [1.54, 1.807) is 6.07 Å². The number of furan rings is 1.